The van der Waals surface area contributed by atoms with Crippen LogP contribution in [0.4, 0.5) is 0 Å². The third-order valence-corrected chi connectivity index (χ3v) is 3.75. The molecule has 0 atom stereocenters. The number of hydrogen-bond acceptors (Lipinski definition) is 4. The molecule has 7 nitrogen and oxygen atoms in total. The van der Waals surface area contributed by atoms with Crippen molar-refractivity contribution in [2.45, 2.75) is 5.03 Å². The van der Waals surface area contributed by atoms with Crippen molar-refractivity contribution in [2.75, 3.05) is 27.7 Å². The Kier molecular flexibility index (Phi) is 3.66. The molecule has 8 heteroatoms. The normalized spacial score (nSPS) is 11.8. The van der Waals surface area contributed by atoms with Crippen molar-refractivity contribution in [3.8, 4) is 0 Å². The quantitative estimate of drug-likeness (QED) is 0.747. The number of hydrogen-bond donors (Lipinski definition) is 1. The fraction of sp³-hybridized carbons (Fsp3) is 0.500. The van der Waals surface area contributed by atoms with Crippen molar-refractivity contribution in [1.29, 1.82) is 0 Å². The molecule has 0 spiro atoms. The van der Waals surface area contributed by atoms with Crippen LogP contribution in [-0.4, -0.2) is 61.2 Å². The summed E-state index contributed by atoms with van der Waals surface area (Å²) in [5, 5.41) is -0.0263. The van der Waals surface area contributed by atoms with E-state index in [0.29, 0.717) is 0 Å². The Balaban J connectivity index is 2.82. The number of carbonyl (C=O) groups excluding carboxylic acids is 1. The summed E-state index contributed by atoms with van der Waals surface area (Å²) in [5.74, 6) is -0.286. The highest BCUT2D eigenvalue weighted by atomic mass is 32.2. The second kappa shape index (κ2) is 4.62. The van der Waals surface area contributed by atoms with Gasteiger partial charge < -0.3 is 9.88 Å². The summed E-state index contributed by atoms with van der Waals surface area (Å²) in [6.45, 7) is -0.200. The second-order valence-electron chi connectivity index (χ2n) is 3.47. The molecule has 0 radical (unpaired) electrons. The number of aromatic amines is 1. The Morgan fingerprint density at radius 2 is 2.06 bits per heavy atom. The average Bonchev–Trinajstić information content (AvgIpc) is 2.70. The van der Waals surface area contributed by atoms with Crippen molar-refractivity contribution in [3.63, 3.8) is 0 Å². The minimum Gasteiger partial charge on any atom is -0.348 e. The van der Waals surface area contributed by atoms with Crippen LogP contribution in [0.15, 0.2) is 17.6 Å². The zero-order valence-corrected chi connectivity index (χ0v) is 10.2. The monoisotopic (exact) mass is 246 g/mol. The predicted molar refractivity (Wildman–Crippen MR) is 57.1 cm³/mol. The summed E-state index contributed by atoms with van der Waals surface area (Å²) >= 11 is 0. The highest BCUT2D eigenvalue weighted by Gasteiger charge is 2.24. The van der Waals surface area contributed by atoms with E-state index in [2.05, 4.69) is 9.97 Å². The molecule has 1 aromatic heterocycles. The van der Waals surface area contributed by atoms with Gasteiger partial charge in [0.2, 0.25) is 5.91 Å². The SMILES string of the molecule is CN(C)C(=O)CN(C)S(=O)(=O)c1cnc[nH]1. The average molecular weight is 246 g/mol. The Morgan fingerprint density at radius 1 is 1.44 bits per heavy atom. The van der Waals surface area contributed by atoms with E-state index >= 15 is 0 Å². The third kappa shape index (κ3) is 2.58. The number of imidazole rings is 1. The van der Waals surface area contributed by atoms with Gasteiger partial charge >= 0.3 is 0 Å². The summed E-state index contributed by atoms with van der Waals surface area (Å²) in [5.41, 5.74) is 0. The summed E-state index contributed by atoms with van der Waals surface area (Å²) in [6, 6.07) is 0. The molecule has 16 heavy (non-hydrogen) atoms. The lowest BCUT2D eigenvalue weighted by Crippen LogP contribution is -2.37. The van der Waals surface area contributed by atoms with Crippen LogP contribution in [-0.2, 0) is 14.8 Å². The van der Waals surface area contributed by atoms with Crippen molar-refractivity contribution >= 4 is 15.9 Å². The molecule has 0 saturated carbocycles. The second-order valence-corrected chi connectivity index (χ2v) is 5.48. The maximum atomic E-state index is 11.8. The molecular weight excluding hydrogens is 232 g/mol. The number of rotatable bonds is 4. The van der Waals surface area contributed by atoms with Gasteiger partial charge in [0.25, 0.3) is 10.0 Å². The first-order valence-electron chi connectivity index (χ1n) is 4.50. The van der Waals surface area contributed by atoms with Gasteiger partial charge in [-0.3, -0.25) is 4.79 Å². The van der Waals surface area contributed by atoms with Crippen LogP contribution in [0.25, 0.3) is 0 Å². The van der Waals surface area contributed by atoms with Crippen LogP contribution in [0.1, 0.15) is 0 Å². The van der Waals surface area contributed by atoms with E-state index in [1.165, 1.54) is 24.5 Å². The molecule has 0 saturated heterocycles. The lowest BCUT2D eigenvalue weighted by Gasteiger charge is -2.17. The molecule has 90 valence electrons. The molecule has 0 aliphatic rings. The number of amides is 1. The highest BCUT2D eigenvalue weighted by Crippen LogP contribution is 2.09. The highest BCUT2D eigenvalue weighted by molar-refractivity contribution is 7.89. The topological polar surface area (TPSA) is 86.4 Å². The van der Waals surface area contributed by atoms with Crippen LogP contribution in [0.5, 0.6) is 0 Å². The van der Waals surface area contributed by atoms with Gasteiger partial charge in [-0.2, -0.15) is 4.31 Å². The van der Waals surface area contributed by atoms with Gasteiger partial charge in [0.1, 0.15) is 0 Å². The molecule has 1 aromatic rings. The van der Waals surface area contributed by atoms with Gasteiger partial charge in [-0.05, 0) is 0 Å². The van der Waals surface area contributed by atoms with Crippen molar-refractivity contribution in [1.82, 2.24) is 19.2 Å². The molecular formula is C8H14N4O3S. The summed E-state index contributed by atoms with van der Waals surface area (Å²) < 4.78 is 24.6. The number of nitrogens with one attached hydrogen (secondary N) is 1. The lowest BCUT2D eigenvalue weighted by atomic mass is 10.5. The number of H-pyrrole nitrogens is 1. The maximum Gasteiger partial charge on any atom is 0.260 e. The summed E-state index contributed by atoms with van der Waals surface area (Å²) in [4.78, 5) is 18.8. The Hall–Kier alpha value is -1.41. The first-order chi connectivity index (χ1) is 7.35. The molecule has 0 aliphatic heterocycles. The van der Waals surface area contributed by atoms with E-state index < -0.39 is 10.0 Å². The number of carbonyl (C=O) groups is 1. The van der Waals surface area contributed by atoms with Gasteiger partial charge in [-0.1, -0.05) is 0 Å². The van der Waals surface area contributed by atoms with Crippen LogP contribution < -0.4 is 0 Å². The zero-order chi connectivity index (χ0) is 12.3. The standard InChI is InChI=1S/C8H14N4O3S/c1-11(2)8(13)5-12(3)16(14,15)7-4-9-6-10-7/h4,6H,5H2,1-3H3,(H,9,10). The summed E-state index contributed by atoms with van der Waals surface area (Å²) in [7, 11) is 0.825. The van der Waals surface area contributed by atoms with Crippen molar-refractivity contribution < 1.29 is 13.2 Å². The minimum atomic E-state index is -3.66. The van der Waals surface area contributed by atoms with Crippen LogP contribution in [0.2, 0.25) is 0 Å². The van der Waals surface area contributed by atoms with E-state index in [1.807, 2.05) is 0 Å². The zero-order valence-electron chi connectivity index (χ0n) is 9.34. The van der Waals surface area contributed by atoms with Crippen LogP contribution in [0.3, 0.4) is 0 Å². The molecule has 0 bridgehead atoms. The van der Waals surface area contributed by atoms with Gasteiger partial charge in [-0.15, -0.1) is 0 Å². The molecule has 1 amide bonds. The smallest absolute Gasteiger partial charge is 0.260 e. The fourth-order valence-electron chi connectivity index (χ4n) is 0.969. The number of likely N-dealkylation sites (N-methyl/N-ethyl adjacent to an activating group) is 2. The van der Waals surface area contributed by atoms with Crippen molar-refractivity contribution in [3.05, 3.63) is 12.5 Å². The fourth-order valence-corrected chi connectivity index (χ4v) is 1.98. The van der Waals surface area contributed by atoms with Gasteiger partial charge in [0.05, 0.1) is 19.1 Å². The molecule has 0 aliphatic carbocycles. The van der Waals surface area contributed by atoms with Crippen LogP contribution in [0, 0.1) is 0 Å². The maximum absolute atomic E-state index is 11.8. The Bertz CT molecular complexity index is 452. The molecule has 1 heterocycles. The van der Waals surface area contributed by atoms with Gasteiger partial charge in [-0.25, -0.2) is 13.4 Å². The molecule has 0 fully saturated rings. The Morgan fingerprint density at radius 3 is 2.50 bits per heavy atom. The van der Waals surface area contributed by atoms with E-state index in [9.17, 15) is 13.2 Å². The molecule has 0 aromatic carbocycles. The Labute approximate surface area is 94.1 Å². The molecule has 1 rings (SSSR count). The first-order valence-corrected chi connectivity index (χ1v) is 5.94. The minimum absolute atomic E-state index is 0.0263. The van der Waals surface area contributed by atoms with E-state index in [1.54, 1.807) is 14.1 Å². The number of nitrogens with zero attached hydrogens (tertiary/aromatic N) is 3. The third-order valence-electron chi connectivity index (χ3n) is 2.02. The van der Waals surface area contributed by atoms with E-state index in [0.717, 1.165) is 4.31 Å². The number of sulfonamides is 1. The van der Waals surface area contributed by atoms with Gasteiger partial charge in [0, 0.05) is 21.1 Å². The predicted octanol–water partition coefficient (Wildman–Crippen LogP) is -0.882. The van der Waals surface area contributed by atoms with E-state index in [4.69, 9.17) is 0 Å². The largest absolute Gasteiger partial charge is 0.348 e. The lowest BCUT2D eigenvalue weighted by molar-refractivity contribution is -0.128. The molecule has 0 unspecified atom stereocenters. The first kappa shape index (κ1) is 12.7. The van der Waals surface area contributed by atoms with E-state index in [-0.39, 0.29) is 17.5 Å². The molecule has 1 N–H and O–H groups in total. The number of aromatic nitrogens is 2. The summed E-state index contributed by atoms with van der Waals surface area (Å²) in [6.07, 6.45) is 2.47. The van der Waals surface area contributed by atoms with Crippen LogP contribution >= 0.6 is 0 Å². The van der Waals surface area contributed by atoms with Gasteiger partial charge in [0.15, 0.2) is 5.03 Å². The van der Waals surface area contributed by atoms with Crippen molar-refractivity contribution in [2.24, 2.45) is 0 Å².